The molecule has 0 saturated carbocycles. The molecule has 0 aliphatic rings. The van der Waals surface area contributed by atoms with Gasteiger partial charge in [-0.3, -0.25) is 14.7 Å². The molecule has 3 N–H and O–H groups in total. The van der Waals surface area contributed by atoms with Crippen LogP contribution in [0.3, 0.4) is 0 Å². The van der Waals surface area contributed by atoms with E-state index in [1.54, 1.807) is 30.3 Å². The number of rotatable bonds is 5. The van der Waals surface area contributed by atoms with Crippen LogP contribution in [0.25, 0.3) is 5.69 Å². The number of aromatic hydroxyl groups is 2. The largest absolute Gasteiger partial charge is 0.504 e. The molecule has 0 amide bonds. The van der Waals surface area contributed by atoms with Gasteiger partial charge in [-0.15, -0.1) is 10.2 Å². The Bertz CT molecular complexity index is 1240. The molecule has 0 spiro atoms. The Balaban J connectivity index is 0.00000320. The van der Waals surface area contributed by atoms with Crippen LogP contribution in [0.15, 0.2) is 57.6 Å². The number of nitro groups is 1. The fourth-order valence-corrected chi connectivity index (χ4v) is 3.05. The Morgan fingerprint density at radius 3 is 2.33 bits per heavy atom. The molecule has 2 aromatic carbocycles. The zero-order chi connectivity index (χ0) is 21.3. The van der Waals surface area contributed by atoms with Crippen molar-refractivity contribution in [3.8, 4) is 17.3 Å². The van der Waals surface area contributed by atoms with Crippen LogP contribution in [-0.4, -0.2) is 37.9 Å². The minimum atomic E-state index is -4.97. The van der Waals surface area contributed by atoms with Gasteiger partial charge in [0, 0.05) is 29.5 Å². The summed E-state index contributed by atoms with van der Waals surface area (Å²) in [6, 6.07) is 9.84. The van der Waals surface area contributed by atoms with E-state index in [1.165, 1.54) is 11.6 Å². The first-order chi connectivity index (χ1) is 13.6. The van der Waals surface area contributed by atoms with Crippen molar-refractivity contribution in [2.24, 2.45) is 10.2 Å². The second kappa shape index (κ2) is 8.59. The Kier molecular flexibility index (Phi) is 6.58. The maximum Gasteiger partial charge on any atom is 0.298 e. The summed E-state index contributed by atoms with van der Waals surface area (Å²) >= 11 is 0. The Hall–Kier alpha value is -3.31. The Morgan fingerprint density at radius 2 is 1.77 bits per heavy atom. The molecule has 0 bridgehead atoms. The van der Waals surface area contributed by atoms with E-state index in [1.807, 2.05) is 0 Å². The quantitative estimate of drug-likeness (QED) is 0.219. The van der Waals surface area contributed by atoms with E-state index >= 15 is 0 Å². The maximum absolute atomic E-state index is 11.4. The standard InChI is InChI=1S/C16H13N5O7S.Cr/c1-9-14(16(23)20(19-9)10-5-3-2-4-6-10)18-17-12-7-11(21(24)25)8-13(15(12)22)29(26,27)28;/h2-8,22-23H,1H3,(H,26,27,28);. The number of para-hydroxylation sites is 1. The topological polar surface area (TPSA) is 181 Å². The van der Waals surface area contributed by atoms with E-state index in [-0.39, 0.29) is 28.7 Å². The summed E-state index contributed by atoms with van der Waals surface area (Å²) in [5.41, 5.74) is -0.673. The van der Waals surface area contributed by atoms with Crippen molar-refractivity contribution in [3.05, 3.63) is 58.3 Å². The number of nitrogens with zero attached hydrogens (tertiary/aromatic N) is 5. The number of nitro benzene ring substituents is 1. The van der Waals surface area contributed by atoms with Crippen LogP contribution in [0.2, 0.25) is 0 Å². The van der Waals surface area contributed by atoms with Crippen LogP contribution in [0.5, 0.6) is 11.6 Å². The molecule has 0 atom stereocenters. The first kappa shape index (κ1) is 23.0. The molecule has 0 aliphatic carbocycles. The van der Waals surface area contributed by atoms with Crippen molar-refractivity contribution in [1.29, 1.82) is 0 Å². The third-order valence-corrected chi connectivity index (χ3v) is 4.66. The van der Waals surface area contributed by atoms with Gasteiger partial charge >= 0.3 is 0 Å². The fraction of sp³-hybridized carbons (Fsp3) is 0.0625. The van der Waals surface area contributed by atoms with Gasteiger partial charge in [0.15, 0.2) is 11.4 Å². The van der Waals surface area contributed by atoms with Gasteiger partial charge in [-0.05, 0) is 19.1 Å². The smallest absolute Gasteiger partial charge is 0.298 e. The zero-order valence-corrected chi connectivity index (χ0v) is 17.2. The number of phenols is 1. The summed E-state index contributed by atoms with van der Waals surface area (Å²) in [5, 5.41) is 42.9. The fourth-order valence-electron chi connectivity index (χ4n) is 2.43. The molecule has 0 saturated heterocycles. The normalized spacial score (nSPS) is 11.4. The molecule has 0 aliphatic heterocycles. The molecule has 0 radical (unpaired) electrons. The molecule has 14 heteroatoms. The van der Waals surface area contributed by atoms with E-state index in [9.17, 15) is 28.7 Å². The third kappa shape index (κ3) is 4.47. The number of benzene rings is 2. The second-order valence-corrected chi connectivity index (χ2v) is 7.14. The van der Waals surface area contributed by atoms with Gasteiger partial charge in [0.2, 0.25) is 5.88 Å². The van der Waals surface area contributed by atoms with Crippen molar-refractivity contribution >= 4 is 27.2 Å². The van der Waals surface area contributed by atoms with Crippen molar-refractivity contribution in [1.82, 2.24) is 9.78 Å². The van der Waals surface area contributed by atoms with E-state index < -0.39 is 42.9 Å². The van der Waals surface area contributed by atoms with Crippen LogP contribution in [0.4, 0.5) is 17.1 Å². The number of hydrogen-bond acceptors (Lipinski definition) is 9. The van der Waals surface area contributed by atoms with E-state index in [4.69, 9.17) is 4.55 Å². The minimum absolute atomic E-state index is 0. The number of aromatic nitrogens is 2. The molecular formula is C16H13CrN5O7S. The van der Waals surface area contributed by atoms with Gasteiger partial charge in [0.1, 0.15) is 10.6 Å². The number of aryl methyl sites for hydroxylation is 1. The van der Waals surface area contributed by atoms with Crippen LogP contribution in [0, 0.1) is 17.0 Å². The molecule has 156 valence electrons. The summed E-state index contributed by atoms with van der Waals surface area (Å²) in [6.07, 6.45) is 0. The van der Waals surface area contributed by atoms with E-state index in [2.05, 4.69) is 15.3 Å². The number of hydrogen-bond donors (Lipinski definition) is 3. The van der Waals surface area contributed by atoms with Crippen LogP contribution >= 0.6 is 0 Å². The number of non-ortho nitro benzene ring substituents is 1. The molecule has 12 nitrogen and oxygen atoms in total. The first-order valence-electron chi connectivity index (χ1n) is 7.84. The minimum Gasteiger partial charge on any atom is -0.504 e. The van der Waals surface area contributed by atoms with Crippen molar-refractivity contribution < 1.29 is 45.5 Å². The van der Waals surface area contributed by atoms with Gasteiger partial charge in [-0.2, -0.15) is 18.2 Å². The van der Waals surface area contributed by atoms with Gasteiger partial charge in [0.05, 0.1) is 16.3 Å². The molecule has 30 heavy (non-hydrogen) atoms. The zero-order valence-electron chi connectivity index (χ0n) is 15.1. The molecule has 1 aromatic heterocycles. The van der Waals surface area contributed by atoms with E-state index in [0.717, 1.165) is 6.07 Å². The monoisotopic (exact) mass is 471 g/mol. The number of azo groups is 1. The van der Waals surface area contributed by atoms with Gasteiger partial charge in [-0.1, -0.05) is 18.2 Å². The Morgan fingerprint density at radius 1 is 1.13 bits per heavy atom. The average Bonchev–Trinajstić information content (AvgIpc) is 2.94. The van der Waals surface area contributed by atoms with Gasteiger partial charge in [0.25, 0.3) is 15.8 Å². The summed E-state index contributed by atoms with van der Waals surface area (Å²) < 4.78 is 33.1. The molecule has 1 heterocycles. The molecule has 3 aromatic rings. The van der Waals surface area contributed by atoms with Gasteiger partial charge in [-0.25, -0.2) is 0 Å². The predicted molar refractivity (Wildman–Crippen MR) is 98.7 cm³/mol. The summed E-state index contributed by atoms with van der Waals surface area (Å²) in [5.74, 6) is -1.42. The van der Waals surface area contributed by atoms with Gasteiger partial charge < -0.3 is 10.2 Å². The third-order valence-electron chi connectivity index (χ3n) is 3.79. The Labute approximate surface area is 180 Å². The maximum atomic E-state index is 11.4. The second-order valence-electron chi connectivity index (χ2n) is 5.75. The van der Waals surface area contributed by atoms with Crippen molar-refractivity contribution in [2.45, 2.75) is 11.8 Å². The van der Waals surface area contributed by atoms with E-state index in [0.29, 0.717) is 11.8 Å². The van der Waals surface area contributed by atoms with Crippen molar-refractivity contribution in [2.75, 3.05) is 0 Å². The molecule has 0 fully saturated rings. The predicted octanol–water partition coefficient (Wildman–Crippen LogP) is 3.16. The van der Waals surface area contributed by atoms with Crippen LogP contribution in [-0.2, 0) is 27.5 Å². The van der Waals surface area contributed by atoms with Crippen molar-refractivity contribution in [3.63, 3.8) is 0 Å². The number of phenolic OH excluding ortho intramolecular Hbond substituents is 1. The first-order valence-corrected chi connectivity index (χ1v) is 9.28. The summed E-state index contributed by atoms with van der Waals surface area (Å²) in [7, 11) is -4.97. The summed E-state index contributed by atoms with van der Waals surface area (Å²) in [6.45, 7) is 1.52. The van der Waals surface area contributed by atoms with Crippen LogP contribution in [0.1, 0.15) is 5.69 Å². The molecular weight excluding hydrogens is 458 g/mol. The van der Waals surface area contributed by atoms with Crippen LogP contribution < -0.4 is 0 Å². The summed E-state index contributed by atoms with van der Waals surface area (Å²) in [4.78, 5) is 8.99. The average molecular weight is 471 g/mol. The SMILES string of the molecule is Cc1nn(-c2ccccc2)c(O)c1N=Nc1cc([N+](=O)[O-])cc(S(=O)(=O)O)c1O.[Cr]. The molecule has 0 unspecified atom stereocenters. The molecule has 3 rings (SSSR count).